The summed E-state index contributed by atoms with van der Waals surface area (Å²) >= 11 is 0. The molecule has 2 aromatic carbocycles. The first kappa shape index (κ1) is 18.3. The largest absolute Gasteiger partial charge is 0.473 e. The molecule has 0 aliphatic carbocycles. The molecule has 2 aromatic rings. The van der Waals surface area contributed by atoms with E-state index in [0.717, 1.165) is 12.1 Å². The van der Waals surface area contributed by atoms with Gasteiger partial charge in [0, 0.05) is 6.07 Å². The normalized spacial score (nSPS) is 11.7. The van der Waals surface area contributed by atoms with Crippen molar-refractivity contribution in [1.82, 2.24) is 0 Å². The maximum absolute atomic E-state index is 13.6. The van der Waals surface area contributed by atoms with Crippen LogP contribution in [0.5, 0.6) is 5.75 Å². The third-order valence-electron chi connectivity index (χ3n) is 3.47. The highest BCUT2D eigenvalue weighted by Crippen LogP contribution is 2.33. The van der Waals surface area contributed by atoms with Crippen LogP contribution in [0.1, 0.15) is 18.1 Å². The topological polar surface area (TPSA) is 81.5 Å². The van der Waals surface area contributed by atoms with Crippen LogP contribution in [0.25, 0.3) is 0 Å². The Morgan fingerprint density at radius 3 is 2.40 bits per heavy atom. The summed E-state index contributed by atoms with van der Waals surface area (Å²) in [4.78, 5) is 22.7. The zero-order valence-corrected chi connectivity index (χ0v) is 13.8. The van der Waals surface area contributed by atoms with Crippen molar-refractivity contribution in [3.63, 3.8) is 0 Å². The van der Waals surface area contributed by atoms with Crippen molar-refractivity contribution in [3.8, 4) is 5.75 Å². The van der Waals surface area contributed by atoms with E-state index < -0.39 is 34.3 Å². The summed E-state index contributed by atoms with van der Waals surface area (Å²) in [6, 6.07) is 6.16. The van der Waals surface area contributed by atoms with Gasteiger partial charge in [-0.3, -0.25) is 14.9 Å². The van der Waals surface area contributed by atoms with Crippen molar-refractivity contribution in [2.75, 3.05) is 5.32 Å². The molecule has 8 heteroatoms. The van der Waals surface area contributed by atoms with E-state index in [9.17, 15) is 23.7 Å². The van der Waals surface area contributed by atoms with Crippen molar-refractivity contribution < 1.29 is 23.2 Å². The number of anilines is 1. The Bertz CT molecular complexity index is 819. The van der Waals surface area contributed by atoms with Gasteiger partial charge in [0.25, 0.3) is 5.91 Å². The minimum absolute atomic E-state index is 0.0627. The van der Waals surface area contributed by atoms with Crippen molar-refractivity contribution in [2.45, 2.75) is 26.9 Å². The van der Waals surface area contributed by atoms with Crippen molar-refractivity contribution in [1.29, 1.82) is 0 Å². The van der Waals surface area contributed by atoms with Gasteiger partial charge in [-0.15, -0.1) is 0 Å². The summed E-state index contributed by atoms with van der Waals surface area (Å²) in [5.41, 5.74) is 0.262. The Morgan fingerprint density at radius 2 is 1.84 bits per heavy atom. The number of carbonyl (C=O) groups is 1. The van der Waals surface area contributed by atoms with Crippen LogP contribution < -0.4 is 10.1 Å². The number of rotatable bonds is 5. The molecule has 0 aliphatic heterocycles. The highest BCUT2D eigenvalue weighted by atomic mass is 19.1. The molecule has 0 bridgehead atoms. The lowest BCUT2D eigenvalue weighted by atomic mass is 10.1. The molecule has 25 heavy (non-hydrogen) atoms. The SMILES string of the molecule is Cc1cc(C)c(O[C@@H](C)C(=O)Nc2c(F)cccc2F)c([N+](=O)[O-])c1. The summed E-state index contributed by atoms with van der Waals surface area (Å²) in [6.07, 6.45) is -1.21. The van der Waals surface area contributed by atoms with E-state index in [1.807, 2.05) is 0 Å². The number of benzene rings is 2. The van der Waals surface area contributed by atoms with Crippen LogP contribution in [0.2, 0.25) is 0 Å². The molecule has 1 N–H and O–H groups in total. The summed E-state index contributed by atoms with van der Waals surface area (Å²) in [6.45, 7) is 4.63. The van der Waals surface area contributed by atoms with E-state index in [4.69, 9.17) is 4.74 Å². The number of hydrogen-bond donors (Lipinski definition) is 1. The highest BCUT2D eigenvalue weighted by Gasteiger charge is 2.24. The Kier molecular flexibility index (Phi) is 5.31. The number of nitro benzene ring substituents is 1. The fraction of sp³-hybridized carbons (Fsp3) is 0.235. The van der Waals surface area contributed by atoms with Gasteiger partial charge in [0.05, 0.1) is 4.92 Å². The van der Waals surface area contributed by atoms with E-state index in [1.165, 1.54) is 19.1 Å². The summed E-state index contributed by atoms with van der Waals surface area (Å²) < 4.78 is 32.6. The van der Waals surface area contributed by atoms with E-state index in [-0.39, 0.29) is 11.4 Å². The predicted octanol–water partition coefficient (Wildman–Crippen LogP) is 3.90. The lowest BCUT2D eigenvalue weighted by Gasteiger charge is -2.17. The zero-order chi connectivity index (χ0) is 18.7. The number of para-hydroxylation sites is 1. The lowest BCUT2D eigenvalue weighted by Crippen LogP contribution is -2.31. The van der Waals surface area contributed by atoms with Crippen molar-refractivity contribution in [2.24, 2.45) is 0 Å². The molecule has 2 rings (SSSR count). The molecule has 0 aromatic heterocycles. The third kappa shape index (κ3) is 4.09. The van der Waals surface area contributed by atoms with Gasteiger partial charge in [-0.2, -0.15) is 0 Å². The molecule has 1 atom stereocenters. The van der Waals surface area contributed by atoms with Gasteiger partial charge >= 0.3 is 5.69 Å². The van der Waals surface area contributed by atoms with Gasteiger partial charge in [0.2, 0.25) is 5.75 Å². The molecule has 0 saturated carbocycles. The van der Waals surface area contributed by atoms with Crippen molar-refractivity contribution in [3.05, 3.63) is 63.2 Å². The van der Waals surface area contributed by atoms with Crippen LogP contribution in [0.15, 0.2) is 30.3 Å². The molecule has 6 nitrogen and oxygen atoms in total. The molecule has 0 saturated heterocycles. The third-order valence-corrected chi connectivity index (χ3v) is 3.47. The number of nitro groups is 1. The second kappa shape index (κ2) is 7.25. The zero-order valence-electron chi connectivity index (χ0n) is 13.8. The molecule has 0 spiro atoms. The molecule has 0 aliphatic rings. The molecular formula is C17H16F2N2O4. The number of hydrogen-bond acceptors (Lipinski definition) is 4. The second-order valence-corrected chi connectivity index (χ2v) is 5.53. The summed E-state index contributed by atoms with van der Waals surface area (Å²) in [5.74, 6) is -2.76. The van der Waals surface area contributed by atoms with Crippen molar-refractivity contribution >= 4 is 17.3 Å². The van der Waals surface area contributed by atoms with Gasteiger partial charge in [-0.25, -0.2) is 8.78 Å². The average molecular weight is 350 g/mol. The van der Waals surface area contributed by atoms with Crippen LogP contribution in [0.3, 0.4) is 0 Å². The molecule has 0 heterocycles. The predicted molar refractivity (Wildman–Crippen MR) is 87.6 cm³/mol. The first-order chi connectivity index (χ1) is 11.7. The monoisotopic (exact) mass is 350 g/mol. The fourth-order valence-corrected chi connectivity index (χ4v) is 2.29. The van der Waals surface area contributed by atoms with Gasteiger partial charge in [-0.1, -0.05) is 12.1 Å². The number of nitrogens with one attached hydrogen (secondary N) is 1. The van der Waals surface area contributed by atoms with E-state index in [1.54, 1.807) is 19.9 Å². The standard InChI is InChI=1S/C17H16F2N2O4/c1-9-7-10(2)16(14(8-9)21(23)24)25-11(3)17(22)20-15-12(18)5-4-6-13(15)19/h4-8,11H,1-3H3,(H,20,22)/t11-/m0/s1. The number of nitrogens with zero attached hydrogens (tertiary/aromatic N) is 1. The summed E-state index contributed by atoms with van der Waals surface area (Å²) in [7, 11) is 0. The Morgan fingerprint density at radius 1 is 1.24 bits per heavy atom. The molecule has 0 unspecified atom stereocenters. The van der Waals surface area contributed by atoms with Crippen LogP contribution in [0.4, 0.5) is 20.2 Å². The average Bonchev–Trinajstić information content (AvgIpc) is 2.52. The van der Waals surface area contributed by atoms with Crippen LogP contribution >= 0.6 is 0 Å². The maximum Gasteiger partial charge on any atom is 0.311 e. The smallest absolute Gasteiger partial charge is 0.311 e. The minimum Gasteiger partial charge on any atom is -0.473 e. The molecule has 0 fully saturated rings. The lowest BCUT2D eigenvalue weighted by molar-refractivity contribution is -0.386. The Balaban J connectivity index is 2.24. The van der Waals surface area contributed by atoms with E-state index in [0.29, 0.717) is 11.1 Å². The first-order valence-electron chi connectivity index (χ1n) is 7.38. The van der Waals surface area contributed by atoms with Gasteiger partial charge < -0.3 is 10.1 Å². The van der Waals surface area contributed by atoms with Crippen LogP contribution in [0, 0.1) is 35.6 Å². The summed E-state index contributed by atoms with van der Waals surface area (Å²) in [5, 5.41) is 13.3. The molecule has 1 amide bonds. The van der Waals surface area contributed by atoms with E-state index in [2.05, 4.69) is 5.32 Å². The number of amides is 1. The van der Waals surface area contributed by atoms with E-state index >= 15 is 0 Å². The highest BCUT2D eigenvalue weighted by molar-refractivity contribution is 5.94. The molecular weight excluding hydrogens is 334 g/mol. The minimum atomic E-state index is -1.21. The second-order valence-electron chi connectivity index (χ2n) is 5.53. The molecule has 132 valence electrons. The Labute approximate surface area is 142 Å². The number of carbonyl (C=O) groups excluding carboxylic acids is 1. The first-order valence-corrected chi connectivity index (χ1v) is 7.38. The van der Waals surface area contributed by atoms with Crippen LogP contribution in [-0.2, 0) is 4.79 Å². The van der Waals surface area contributed by atoms with Gasteiger partial charge in [0.15, 0.2) is 6.10 Å². The quantitative estimate of drug-likeness (QED) is 0.655. The maximum atomic E-state index is 13.6. The van der Waals surface area contributed by atoms with Gasteiger partial charge in [0.1, 0.15) is 17.3 Å². The number of aryl methyl sites for hydroxylation is 2. The number of halogens is 2. The van der Waals surface area contributed by atoms with Crippen LogP contribution in [-0.4, -0.2) is 16.9 Å². The molecule has 0 radical (unpaired) electrons. The fourth-order valence-electron chi connectivity index (χ4n) is 2.29. The Hall–Kier alpha value is -3.03. The van der Waals surface area contributed by atoms with Gasteiger partial charge in [-0.05, 0) is 44.0 Å². The number of ether oxygens (including phenoxy) is 1.